The molecular weight excluding hydrogens is 1780 g/mol. The van der Waals surface area contributed by atoms with E-state index in [9.17, 15) is 35.4 Å². The number of aromatic nitrogens is 12. The maximum Gasteiger partial charge on any atom is 0.276 e. The molecule has 0 bridgehead atoms. The number of para-hydroxylation sites is 1. The van der Waals surface area contributed by atoms with Crippen LogP contribution in [-0.4, -0.2) is 225 Å². The third-order valence-electron chi connectivity index (χ3n) is 24.9. The molecule has 38 heteroatoms. The van der Waals surface area contributed by atoms with E-state index in [0.29, 0.717) is 102 Å². The molecule has 13 heterocycles. The summed E-state index contributed by atoms with van der Waals surface area (Å²) < 4.78 is 89.2. The van der Waals surface area contributed by atoms with Gasteiger partial charge in [-0.3, -0.25) is 37.2 Å². The summed E-state index contributed by atoms with van der Waals surface area (Å²) in [4.78, 5) is 89.6. The quantitative estimate of drug-likeness (QED) is 0.0243. The van der Waals surface area contributed by atoms with Crippen molar-refractivity contribution in [1.29, 1.82) is 0 Å². The highest BCUT2D eigenvalue weighted by Gasteiger charge is 2.32. The molecule has 14 aromatic rings. The minimum absolute atomic E-state index is 0.00773. The lowest BCUT2D eigenvalue weighted by Crippen LogP contribution is -2.41. The van der Waals surface area contributed by atoms with Gasteiger partial charge in [-0.2, -0.15) is 15.0 Å². The molecule has 4 saturated heterocycles. The summed E-state index contributed by atoms with van der Waals surface area (Å²) >= 11 is 0. The van der Waals surface area contributed by atoms with E-state index < -0.39 is 30.5 Å². The number of nitrogens with zero attached hydrogens (tertiary/aromatic N) is 17. The summed E-state index contributed by atoms with van der Waals surface area (Å²) in [5.41, 5.74) is 9.83. The second kappa shape index (κ2) is 42.6. The molecule has 6 N–H and O–H groups in total. The second-order valence-corrected chi connectivity index (χ2v) is 40.7. The van der Waals surface area contributed by atoms with Crippen molar-refractivity contribution in [3.8, 4) is 0 Å². The SMILES string of the molecule is C=C(c1ccccc1)c1cc2cnc(Nc3ccc(NC4CCCN(C)C4)cc3)nc2n(Cc2ocnc2S(=O)C(C)C)c1=O.CN1CCCCC1c1cc2cnc(Nc3ccc(N(C)C4CCNCC4)cc3)nc2n(Cc2cnoc2S(C)(=O)=O)c1=O.COCCS(=O)(=O)c1ocnc1Cn1c(=O)c(N(C)c2ccccc2)cc2cnc(Nc3ccc(NC4CCN(C)CC4)cc3)nc21. The van der Waals surface area contributed by atoms with Crippen molar-refractivity contribution in [1.82, 2.24) is 78.7 Å². The van der Waals surface area contributed by atoms with E-state index in [4.69, 9.17) is 33.0 Å². The molecule has 3 unspecified atom stereocenters. The summed E-state index contributed by atoms with van der Waals surface area (Å²) in [6.45, 7) is 14.9. The molecule has 9 aromatic heterocycles. The van der Waals surface area contributed by atoms with Crippen LogP contribution in [-0.2, 0) is 54.8 Å². The van der Waals surface area contributed by atoms with E-state index in [1.807, 2.05) is 148 Å². The van der Waals surface area contributed by atoms with Gasteiger partial charge >= 0.3 is 0 Å². The molecule has 0 amide bonds. The van der Waals surface area contributed by atoms with Gasteiger partial charge < -0.3 is 69.6 Å². The first-order chi connectivity index (χ1) is 65.2. The number of likely N-dealkylation sites (tertiary alicyclic amines) is 3. The zero-order valence-corrected chi connectivity index (χ0v) is 79.5. The fourth-order valence-corrected chi connectivity index (χ4v) is 20.4. The topological polar surface area (TPSA) is 404 Å². The number of hydrogen-bond acceptors (Lipinski definition) is 32. The van der Waals surface area contributed by atoms with Crippen LogP contribution >= 0.6 is 0 Å². The van der Waals surface area contributed by atoms with Gasteiger partial charge in [0.05, 0.1) is 54.6 Å². The average Bonchev–Trinajstić information content (AvgIpc) is 1.66. The Morgan fingerprint density at radius 1 is 0.578 bits per heavy atom. The Kier molecular flexibility index (Phi) is 29.9. The molecule has 4 aliphatic rings. The Hall–Kier alpha value is -13.2. The molecule has 0 radical (unpaired) electrons. The standard InChI is InChI=1S/C34H37N7O3S.C33H38N8O5S.C30H38N8O4S/c1-22(2)45(43)32-30(44-21-36-32)20-41-31-25(17-29(33(41)42)23(3)24-9-6-5-7-10-24)18-35-34(39-31)38-27-14-12-26(13-15-27)37-28-11-8-16-40(4)19-28;1-39-15-13-26(14-16-39)36-24-9-11-25(12-10-24)37-33-34-20-23-19-29(40(2)27-7-5-4-6-8-27)31(42)41(30(23)38-33)21-28-32(46-22-35-28)47(43,44)18-17-45-3;1-36-15-5-4-6-26(36)25-16-20-17-32-30(34-22-7-9-23(10-8-22)37(2)24-11-13-31-14-12-24)35-27(20)38(28(25)39)19-21-18-33-42-29(21)43(3,40)41/h5-7,9-10,12-15,17-18,21-22,28,37H,3,8,11,16,19-20H2,1-2,4H3,(H,35,38,39);4-12,19-20,22,26,36H,13-18,21H2,1-3H3,(H,34,37,38);7-10,16-18,24,26,31H,4-6,11-15,19H2,1-3H3,(H,32,34,35). The van der Waals surface area contributed by atoms with Gasteiger partial charge in [-0.1, -0.05) is 80.5 Å². The van der Waals surface area contributed by atoms with Crippen LogP contribution in [0, 0.1) is 0 Å². The molecule has 0 aliphatic carbocycles. The molecule has 706 valence electrons. The summed E-state index contributed by atoms with van der Waals surface area (Å²) in [6, 6.07) is 49.8. The molecule has 18 rings (SSSR count). The van der Waals surface area contributed by atoms with Crippen molar-refractivity contribution in [3.05, 3.63) is 261 Å². The first-order valence-corrected chi connectivity index (χ1v) is 49.9. The highest BCUT2D eigenvalue weighted by molar-refractivity contribution is 7.91. The molecular formula is C97H113N23O12S3. The maximum atomic E-state index is 14.1. The molecule has 0 saturated carbocycles. The number of nitrogens with one attached hydrogen (secondary N) is 6. The summed E-state index contributed by atoms with van der Waals surface area (Å²) in [5.74, 6) is 0.993. The van der Waals surface area contributed by atoms with Crippen molar-refractivity contribution in [2.45, 2.75) is 136 Å². The van der Waals surface area contributed by atoms with Crippen LogP contribution in [0.4, 0.5) is 63.3 Å². The number of ether oxygens (including phenoxy) is 1. The van der Waals surface area contributed by atoms with Gasteiger partial charge in [0.15, 0.2) is 23.6 Å². The van der Waals surface area contributed by atoms with Crippen molar-refractivity contribution in [3.63, 3.8) is 0 Å². The third-order valence-corrected chi connectivity index (χ3v) is 29.1. The van der Waals surface area contributed by atoms with Crippen molar-refractivity contribution in [2.75, 3.05) is 143 Å². The predicted molar refractivity (Wildman–Crippen MR) is 527 cm³/mol. The monoisotopic (exact) mass is 1890 g/mol. The minimum Gasteiger partial charge on any atom is -0.445 e. The lowest BCUT2D eigenvalue weighted by molar-refractivity contribution is 0.186. The van der Waals surface area contributed by atoms with Crippen LogP contribution in [0.25, 0.3) is 38.7 Å². The third kappa shape index (κ3) is 22.7. The molecule has 4 aliphatic heterocycles. The number of sulfone groups is 2. The van der Waals surface area contributed by atoms with Gasteiger partial charge in [-0.25, -0.2) is 41.8 Å². The first kappa shape index (κ1) is 95.0. The number of rotatable bonds is 30. The van der Waals surface area contributed by atoms with Crippen LogP contribution in [0.1, 0.15) is 111 Å². The van der Waals surface area contributed by atoms with E-state index >= 15 is 0 Å². The Labute approximate surface area is 785 Å². The highest BCUT2D eigenvalue weighted by Crippen LogP contribution is 2.35. The average molecular weight is 1890 g/mol. The largest absolute Gasteiger partial charge is 0.445 e. The van der Waals surface area contributed by atoms with Crippen molar-refractivity contribution < 1.29 is 39.1 Å². The van der Waals surface area contributed by atoms with Gasteiger partial charge in [0.25, 0.3) is 21.8 Å². The zero-order chi connectivity index (χ0) is 94.6. The van der Waals surface area contributed by atoms with Crippen LogP contribution in [0.15, 0.2) is 239 Å². The minimum atomic E-state index is -3.86. The number of benzene rings is 5. The van der Waals surface area contributed by atoms with Gasteiger partial charge in [-0.05, 0) is 226 Å². The summed E-state index contributed by atoms with van der Waals surface area (Å²) in [6.07, 6.45) is 19.5. The Bertz CT molecular complexity index is 6970. The summed E-state index contributed by atoms with van der Waals surface area (Å²) in [7, 11) is 2.72. The number of piperidine rings is 4. The van der Waals surface area contributed by atoms with E-state index in [2.05, 4.69) is 121 Å². The number of methoxy groups -OCH3 is 1. The number of pyridine rings is 3. The zero-order valence-electron chi connectivity index (χ0n) is 77.1. The van der Waals surface area contributed by atoms with Crippen molar-refractivity contribution in [2.24, 2.45) is 0 Å². The molecule has 135 heavy (non-hydrogen) atoms. The number of likely N-dealkylation sites (N-methyl/N-ethyl adjacent to an activating group) is 1. The highest BCUT2D eigenvalue weighted by atomic mass is 32.2. The fraction of sp³-hybridized carbons (Fsp3) is 0.361. The Morgan fingerprint density at radius 3 is 1.73 bits per heavy atom. The van der Waals surface area contributed by atoms with E-state index in [1.165, 1.54) is 39.8 Å². The van der Waals surface area contributed by atoms with Crippen LogP contribution in [0.5, 0.6) is 0 Å². The summed E-state index contributed by atoms with van der Waals surface area (Å²) in [5, 5.41) is 25.6. The van der Waals surface area contributed by atoms with Gasteiger partial charge in [0.1, 0.15) is 28.3 Å². The molecule has 3 atom stereocenters. The normalized spacial score (nSPS) is 16.3. The molecule has 0 spiro atoms. The van der Waals surface area contributed by atoms with Crippen LogP contribution < -0.4 is 58.4 Å². The number of anilines is 11. The van der Waals surface area contributed by atoms with Gasteiger partial charge in [0, 0.05) is 149 Å². The Morgan fingerprint density at radius 2 is 1.14 bits per heavy atom. The molecule has 5 aromatic carbocycles. The predicted octanol–water partition coefficient (Wildman–Crippen LogP) is 13.2. The fourth-order valence-electron chi connectivity index (χ4n) is 17.4. The van der Waals surface area contributed by atoms with E-state index in [1.54, 1.807) is 42.7 Å². The molecule has 35 nitrogen and oxygen atoms in total. The number of hydrogen-bond donors (Lipinski definition) is 6. The van der Waals surface area contributed by atoms with E-state index in [0.717, 1.165) is 155 Å². The number of oxazole rings is 2. The van der Waals surface area contributed by atoms with E-state index in [-0.39, 0.29) is 81.8 Å². The van der Waals surface area contributed by atoms with Crippen molar-refractivity contribution >= 4 is 132 Å². The second-order valence-electron chi connectivity index (χ2n) is 34.9. The lowest BCUT2D eigenvalue weighted by atomic mass is 9.96. The van der Waals surface area contributed by atoms with Crippen LogP contribution in [0.3, 0.4) is 0 Å². The number of fused-ring (bicyclic) bond motifs is 3. The van der Waals surface area contributed by atoms with Crippen LogP contribution in [0.2, 0.25) is 0 Å². The molecule has 4 fully saturated rings. The first-order valence-electron chi connectivity index (χ1n) is 45.2. The Balaban J connectivity index is 0.000000147. The smallest absolute Gasteiger partial charge is 0.276 e. The van der Waals surface area contributed by atoms with Gasteiger partial charge in [-0.15, -0.1) is 0 Å². The maximum absolute atomic E-state index is 14.1. The lowest BCUT2D eigenvalue weighted by Gasteiger charge is -2.33. The van der Waals surface area contributed by atoms with Gasteiger partial charge in [0.2, 0.25) is 42.6 Å².